The number of morpholine rings is 1. The summed E-state index contributed by atoms with van der Waals surface area (Å²) < 4.78 is 33.0. The van der Waals surface area contributed by atoms with E-state index in [1.165, 1.54) is 16.4 Å². The number of sulfonamides is 1. The van der Waals surface area contributed by atoms with Gasteiger partial charge in [-0.05, 0) is 50.6 Å². The minimum atomic E-state index is -3.62. The van der Waals surface area contributed by atoms with E-state index in [0.29, 0.717) is 31.7 Å². The van der Waals surface area contributed by atoms with Crippen molar-refractivity contribution in [3.05, 3.63) is 65.7 Å². The van der Waals surface area contributed by atoms with Crippen LogP contribution in [0.3, 0.4) is 0 Å². The van der Waals surface area contributed by atoms with E-state index in [1.54, 1.807) is 17.0 Å². The van der Waals surface area contributed by atoms with Gasteiger partial charge in [0.2, 0.25) is 10.0 Å². The first kappa shape index (κ1) is 21.5. The molecule has 1 heterocycles. The highest BCUT2D eigenvalue weighted by atomic mass is 32.2. The number of rotatable bonds is 6. The summed E-state index contributed by atoms with van der Waals surface area (Å²) in [7, 11) is -3.62. The number of carbonyl (C=O) groups excluding carboxylic acids is 1. The third-order valence-electron chi connectivity index (χ3n) is 5.01. The molecule has 0 N–H and O–H groups in total. The van der Waals surface area contributed by atoms with Crippen LogP contribution >= 0.6 is 0 Å². The van der Waals surface area contributed by atoms with Crippen molar-refractivity contribution in [2.24, 2.45) is 0 Å². The fourth-order valence-corrected chi connectivity index (χ4v) is 5.15. The van der Waals surface area contributed by atoms with Crippen molar-refractivity contribution in [2.75, 3.05) is 19.6 Å². The van der Waals surface area contributed by atoms with E-state index < -0.39 is 10.0 Å². The van der Waals surface area contributed by atoms with Gasteiger partial charge in [-0.1, -0.05) is 30.3 Å². The molecule has 3 rings (SSSR count). The van der Waals surface area contributed by atoms with Crippen LogP contribution in [-0.4, -0.2) is 55.4 Å². The predicted molar refractivity (Wildman–Crippen MR) is 112 cm³/mol. The number of nitrogens with zero attached hydrogens (tertiary/aromatic N) is 2. The SMILES string of the molecule is CCN(Cc1ccccc1)C(=O)c1ccc(S(=O)(=O)N2C[C@H](C)O[C@@H](C)C2)cc1. The van der Waals surface area contributed by atoms with Gasteiger partial charge < -0.3 is 9.64 Å². The minimum absolute atomic E-state index is 0.117. The molecule has 1 saturated heterocycles. The molecule has 0 saturated carbocycles. The van der Waals surface area contributed by atoms with Crippen LogP contribution in [0, 0.1) is 0 Å². The van der Waals surface area contributed by atoms with Crippen LogP contribution in [0.25, 0.3) is 0 Å². The van der Waals surface area contributed by atoms with Gasteiger partial charge in [-0.15, -0.1) is 0 Å². The molecule has 1 aliphatic heterocycles. The normalized spacial score (nSPS) is 20.4. The molecular weight excluding hydrogens is 388 g/mol. The highest BCUT2D eigenvalue weighted by Gasteiger charge is 2.32. The first-order valence-corrected chi connectivity index (χ1v) is 11.3. The average Bonchev–Trinajstić information content (AvgIpc) is 2.71. The van der Waals surface area contributed by atoms with Crippen LogP contribution in [-0.2, 0) is 21.3 Å². The highest BCUT2D eigenvalue weighted by molar-refractivity contribution is 7.89. The maximum atomic E-state index is 13.0. The Morgan fingerprint density at radius 3 is 2.17 bits per heavy atom. The summed E-state index contributed by atoms with van der Waals surface area (Å²) in [5.41, 5.74) is 1.53. The molecule has 0 radical (unpaired) electrons. The molecule has 1 aliphatic rings. The number of hydrogen-bond acceptors (Lipinski definition) is 4. The zero-order chi connectivity index (χ0) is 21.0. The summed E-state index contributed by atoms with van der Waals surface area (Å²) in [6.07, 6.45) is -0.295. The van der Waals surface area contributed by atoms with Crippen molar-refractivity contribution < 1.29 is 17.9 Å². The molecule has 0 aliphatic carbocycles. The second kappa shape index (κ2) is 9.07. The van der Waals surface area contributed by atoms with Gasteiger partial charge in [-0.25, -0.2) is 8.42 Å². The third-order valence-corrected chi connectivity index (χ3v) is 6.86. The zero-order valence-corrected chi connectivity index (χ0v) is 17.9. The Balaban J connectivity index is 1.75. The average molecular weight is 417 g/mol. The molecule has 2 aromatic carbocycles. The monoisotopic (exact) mass is 416 g/mol. The first-order chi connectivity index (χ1) is 13.8. The van der Waals surface area contributed by atoms with Gasteiger partial charge >= 0.3 is 0 Å². The van der Waals surface area contributed by atoms with Gasteiger partial charge in [0.1, 0.15) is 0 Å². The molecule has 0 unspecified atom stereocenters. The first-order valence-electron chi connectivity index (χ1n) is 9.90. The van der Waals surface area contributed by atoms with E-state index in [0.717, 1.165) is 5.56 Å². The van der Waals surface area contributed by atoms with Crippen LogP contribution in [0.1, 0.15) is 36.7 Å². The summed E-state index contributed by atoms with van der Waals surface area (Å²) >= 11 is 0. The summed E-state index contributed by atoms with van der Waals surface area (Å²) in [4.78, 5) is 14.8. The number of carbonyl (C=O) groups is 1. The van der Waals surface area contributed by atoms with E-state index in [1.807, 2.05) is 51.1 Å². The Hall–Kier alpha value is -2.22. The number of hydrogen-bond donors (Lipinski definition) is 0. The maximum absolute atomic E-state index is 13.0. The van der Waals surface area contributed by atoms with Crippen LogP contribution in [0.5, 0.6) is 0 Å². The van der Waals surface area contributed by atoms with Crippen molar-refractivity contribution in [1.29, 1.82) is 0 Å². The Bertz CT molecular complexity index is 919. The van der Waals surface area contributed by atoms with E-state index in [2.05, 4.69) is 0 Å². The standard InChI is InChI=1S/C22H28N2O4S/c1-4-23(16-19-8-6-5-7-9-19)22(25)20-10-12-21(13-11-20)29(26,27)24-14-17(2)28-18(3)15-24/h5-13,17-18H,4,14-16H2,1-3H3/t17-,18-/m0/s1. The molecule has 1 amide bonds. The molecule has 2 aromatic rings. The lowest BCUT2D eigenvalue weighted by Crippen LogP contribution is -2.48. The maximum Gasteiger partial charge on any atom is 0.254 e. The quantitative estimate of drug-likeness (QED) is 0.726. The molecule has 0 spiro atoms. The topological polar surface area (TPSA) is 66.9 Å². The minimum Gasteiger partial charge on any atom is -0.373 e. The zero-order valence-electron chi connectivity index (χ0n) is 17.1. The predicted octanol–water partition coefficient (Wildman–Crippen LogP) is 3.15. The smallest absolute Gasteiger partial charge is 0.254 e. The Kier molecular flexibility index (Phi) is 6.72. The molecule has 29 heavy (non-hydrogen) atoms. The Labute approximate surface area is 173 Å². The van der Waals surface area contributed by atoms with Crippen LogP contribution in [0.15, 0.2) is 59.5 Å². The lowest BCUT2D eigenvalue weighted by Gasteiger charge is -2.34. The summed E-state index contributed by atoms with van der Waals surface area (Å²) in [5, 5.41) is 0. The molecule has 0 bridgehead atoms. The van der Waals surface area contributed by atoms with Crippen LogP contribution in [0.4, 0.5) is 0 Å². The van der Waals surface area contributed by atoms with Gasteiger partial charge in [-0.3, -0.25) is 4.79 Å². The second-order valence-electron chi connectivity index (χ2n) is 7.41. The Morgan fingerprint density at radius 2 is 1.62 bits per heavy atom. The molecule has 7 heteroatoms. The van der Waals surface area contributed by atoms with Gasteiger partial charge in [0.05, 0.1) is 17.1 Å². The van der Waals surface area contributed by atoms with E-state index in [-0.39, 0.29) is 23.0 Å². The van der Waals surface area contributed by atoms with Crippen molar-refractivity contribution in [3.63, 3.8) is 0 Å². The fraction of sp³-hybridized carbons (Fsp3) is 0.409. The highest BCUT2D eigenvalue weighted by Crippen LogP contribution is 2.22. The third kappa shape index (κ3) is 5.04. The molecule has 1 fully saturated rings. The molecule has 0 aromatic heterocycles. The number of ether oxygens (including phenoxy) is 1. The summed E-state index contributed by atoms with van der Waals surface area (Å²) in [6.45, 7) is 7.40. The van der Waals surface area contributed by atoms with Gasteiger partial charge in [0.15, 0.2) is 0 Å². The van der Waals surface area contributed by atoms with E-state index in [9.17, 15) is 13.2 Å². The lowest BCUT2D eigenvalue weighted by molar-refractivity contribution is -0.0440. The number of benzene rings is 2. The summed E-state index contributed by atoms with van der Waals surface area (Å²) in [6, 6.07) is 16.0. The molecule has 2 atom stereocenters. The lowest BCUT2D eigenvalue weighted by atomic mass is 10.1. The van der Waals surface area contributed by atoms with Gasteiger partial charge in [0.25, 0.3) is 5.91 Å². The van der Waals surface area contributed by atoms with E-state index >= 15 is 0 Å². The van der Waals surface area contributed by atoms with Crippen molar-refractivity contribution in [3.8, 4) is 0 Å². The van der Waals surface area contributed by atoms with Crippen LogP contribution in [0.2, 0.25) is 0 Å². The van der Waals surface area contributed by atoms with Crippen LogP contribution < -0.4 is 0 Å². The van der Waals surface area contributed by atoms with Gasteiger partial charge in [-0.2, -0.15) is 4.31 Å². The van der Waals surface area contributed by atoms with Crippen molar-refractivity contribution in [1.82, 2.24) is 9.21 Å². The molecule has 6 nitrogen and oxygen atoms in total. The van der Waals surface area contributed by atoms with Crippen molar-refractivity contribution >= 4 is 15.9 Å². The number of amides is 1. The molecule has 156 valence electrons. The second-order valence-corrected chi connectivity index (χ2v) is 9.35. The fourth-order valence-electron chi connectivity index (χ4n) is 3.56. The Morgan fingerprint density at radius 1 is 1.03 bits per heavy atom. The molecular formula is C22H28N2O4S. The largest absolute Gasteiger partial charge is 0.373 e. The summed E-state index contributed by atoms with van der Waals surface area (Å²) in [5.74, 6) is -0.117. The van der Waals surface area contributed by atoms with E-state index in [4.69, 9.17) is 4.74 Å². The van der Waals surface area contributed by atoms with Crippen molar-refractivity contribution in [2.45, 2.75) is 44.4 Å². The van der Waals surface area contributed by atoms with Gasteiger partial charge in [0, 0.05) is 31.7 Å².